The number of fused-ring (bicyclic) bond motifs is 1. The van der Waals surface area contributed by atoms with Crippen LogP contribution < -0.4 is 16.4 Å². The molecular weight excluding hydrogens is 296 g/mol. The van der Waals surface area contributed by atoms with E-state index in [0.29, 0.717) is 5.69 Å². The molecule has 0 spiro atoms. The molecule has 0 aliphatic heterocycles. The smallest absolute Gasteiger partial charge is 0.239 e. The van der Waals surface area contributed by atoms with E-state index in [-0.39, 0.29) is 37.4 Å². The van der Waals surface area contributed by atoms with Gasteiger partial charge in [0.2, 0.25) is 11.8 Å². The Labute approximate surface area is 134 Å². The third kappa shape index (κ3) is 4.30. The van der Waals surface area contributed by atoms with Gasteiger partial charge in [0.15, 0.2) is 0 Å². The van der Waals surface area contributed by atoms with Crippen LogP contribution in [-0.2, 0) is 20.9 Å². The number of methoxy groups -OCH3 is 1. The quantitative estimate of drug-likeness (QED) is 0.699. The summed E-state index contributed by atoms with van der Waals surface area (Å²) in [7, 11) is 3.13. The minimum Gasteiger partial charge on any atom is -0.380 e. The highest BCUT2D eigenvalue weighted by atomic mass is 16.5. The number of anilines is 1. The van der Waals surface area contributed by atoms with Crippen molar-refractivity contribution < 1.29 is 14.3 Å². The maximum Gasteiger partial charge on any atom is 0.239 e. The number of rotatable bonds is 7. The van der Waals surface area contributed by atoms with Crippen LogP contribution in [0, 0.1) is 0 Å². The third-order valence-corrected chi connectivity index (χ3v) is 3.66. The number of hydrogen-bond acceptors (Lipinski definition) is 4. The number of aromatic nitrogens is 1. The topological polar surface area (TPSA) is 98.4 Å². The van der Waals surface area contributed by atoms with Crippen molar-refractivity contribution >= 4 is 28.4 Å². The molecule has 7 heteroatoms. The molecule has 23 heavy (non-hydrogen) atoms. The summed E-state index contributed by atoms with van der Waals surface area (Å²) in [6, 6.07) is 7.51. The van der Waals surface area contributed by atoms with E-state index >= 15 is 0 Å². The number of carbonyl (C=O) groups is 2. The first kappa shape index (κ1) is 17.0. The molecule has 0 aliphatic rings. The second-order valence-corrected chi connectivity index (χ2v) is 5.24. The summed E-state index contributed by atoms with van der Waals surface area (Å²) in [5.74, 6) is -0.242. The number of nitrogens with zero attached hydrogens (tertiary/aromatic N) is 1. The molecule has 0 bridgehead atoms. The minimum atomic E-state index is -0.296. The van der Waals surface area contributed by atoms with Crippen molar-refractivity contribution in [3.05, 3.63) is 30.5 Å². The molecule has 1 heterocycles. The number of carbonyl (C=O) groups excluding carboxylic acids is 2. The molecular formula is C16H22N4O3. The standard InChI is InChI=1S/C16H22N4O3/c1-18-16(22)10-20-6-5-11-3-4-12(7-14(11)20)19-15(21)8-13(9-17)23-2/h3-7,13H,8-10,17H2,1-2H3,(H,18,22)(H,19,21). The van der Waals surface area contributed by atoms with E-state index in [1.54, 1.807) is 7.05 Å². The van der Waals surface area contributed by atoms with Crippen LogP contribution in [0.15, 0.2) is 30.5 Å². The van der Waals surface area contributed by atoms with Gasteiger partial charge in [0.05, 0.1) is 18.0 Å². The van der Waals surface area contributed by atoms with Crippen molar-refractivity contribution in [3.8, 4) is 0 Å². The van der Waals surface area contributed by atoms with Crippen molar-refractivity contribution in [1.29, 1.82) is 0 Å². The average Bonchev–Trinajstić information content (AvgIpc) is 2.94. The van der Waals surface area contributed by atoms with Crippen molar-refractivity contribution in [2.45, 2.75) is 19.1 Å². The third-order valence-electron chi connectivity index (χ3n) is 3.66. The molecule has 0 saturated heterocycles. The van der Waals surface area contributed by atoms with E-state index in [9.17, 15) is 9.59 Å². The molecule has 0 fully saturated rings. The summed E-state index contributed by atoms with van der Waals surface area (Å²) in [5, 5.41) is 6.43. The second kappa shape index (κ2) is 7.75. The van der Waals surface area contributed by atoms with E-state index < -0.39 is 0 Å². The summed E-state index contributed by atoms with van der Waals surface area (Å²) in [6.45, 7) is 0.522. The van der Waals surface area contributed by atoms with E-state index in [1.807, 2.05) is 35.0 Å². The Kier molecular flexibility index (Phi) is 5.72. The lowest BCUT2D eigenvalue weighted by atomic mass is 10.2. The van der Waals surface area contributed by atoms with Crippen molar-refractivity contribution in [3.63, 3.8) is 0 Å². The van der Waals surface area contributed by atoms with Gasteiger partial charge in [0, 0.05) is 32.6 Å². The van der Waals surface area contributed by atoms with Crippen LogP contribution in [-0.4, -0.2) is 43.2 Å². The Morgan fingerprint density at radius 1 is 1.30 bits per heavy atom. The van der Waals surface area contributed by atoms with Gasteiger partial charge < -0.3 is 25.7 Å². The molecule has 1 aromatic heterocycles. The summed E-state index contributed by atoms with van der Waals surface area (Å²) in [5.41, 5.74) is 7.07. The molecule has 1 aromatic carbocycles. The van der Waals surface area contributed by atoms with Gasteiger partial charge in [0.1, 0.15) is 6.54 Å². The first-order valence-electron chi connectivity index (χ1n) is 7.39. The molecule has 2 aromatic rings. The molecule has 124 valence electrons. The fourth-order valence-electron chi connectivity index (χ4n) is 2.32. The number of ether oxygens (including phenoxy) is 1. The predicted octanol–water partition coefficient (Wildman–Crippen LogP) is 0.690. The largest absolute Gasteiger partial charge is 0.380 e. The number of amides is 2. The predicted molar refractivity (Wildman–Crippen MR) is 89.1 cm³/mol. The molecule has 7 nitrogen and oxygen atoms in total. The van der Waals surface area contributed by atoms with Gasteiger partial charge in [-0.25, -0.2) is 0 Å². The SMILES string of the molecule is CNC(=O)Cn1ccc2ccc(NC(=O)CC(CN)OC)cc21. The van der Waals surface area contributed by atoms with E-state index in [1.165, 1.54) is 7.11 Å². The Morgan fingerprint density at radius 3 is 2.74 bits per heavy atom. The second-order valence-electron chi connectivity index (χ2n) is 5.24. The van der Waals surface area contributed by atoms with Crippen LogP contribution in [0.2, 0.25) is 0 Å². The van der Waals surface area contributed by atoms with Crippen LogP contribution >= 0.6 is 0 Å². The van der Waals surface area contributed by atoms with Gasteiger partial charge in [-0.1, -0.05) is 6.07 Å². The zero-order valence-electron chi connectivity index (χ0n) is 13.3. The van der Waals surface area contributed by atoms with Gasteiger partial charge >= 0.3 is 0 Å². The highest BCUT2D eigenvalue weighted by Crippen LogP contribution is 2.21. The normalized spacial score (nSPS) is 12.1. The van der Waals surface area contributed by atoms with E-state index in [0.717, 1.165) is 10.9 Å². The fraction of sp³-hybridized carbons (Fsp3) is 0.375. The molecule has 1 unspecified atom stereocenters. The lowest BCUT2D eigenvalue weighted by Crippen LogP contribution is -2.28. The summed E-state index contributed by atoms with van der Waals surface area (Å²) >= 11 is 0. The zero-order chi connectivity index (χ0) is 16.8. The maximum atomic E-state index is 12.0. The van der Waals surface area contributed by atoms with Crippen LogP contribution in [0.25, 0.3) is 10.9 Å². The number of nitrogens with two attached hydrogens (primary N) is 1. The van der Waals surface area contributed by atoms with Crippen LogP contribution in [0.4, 0.5) is 5.69 Å². The lowest BCUT2D eigenvalue weighted by Gasteiger charge is -2.13. The number of benzene rings is 1. The molecule has 1 atom stereocenters. The number of nitrogens with one attached hydrogen (secondary N) is 2. The molecule has 0 saturated carbocycles. The van der Waals surface area contributed by atoms with Crippen LogP contribution in [0.5, 0.6) is 0 Å². The van der Waals surface area contributed by atoms with Crippen LogP contribution in [0.3, 0.4) is 0 Å². The number of hydrogen-bond donors (Lipinski definition) is 3. The Morgan fingerprint density at radius 2 is 2.09 bits per heavy atom. The Bertz CT molecular complexity index is 692. The van der Waals surface area contributed by atoms with Crippen molar-refractivity contribution in [2.24, 2.45) is 5.73 Å². The summed E-state index contributed by atoms with van der Waals surface area (Å²) < 4.78 is 6.94. The monoisotopic (exact) mass is 318 g/mol. The zero-order valence-corrected chi connectivity index (χ0v) is 13.3. The van der Waals surface area contributed by atoms with Gasteiger partial charge in [-0.2, -0.15) is 0 Å². The Hall–Kier alpha value is -2.38. The summed E-state index contributed by atoms with van der Waals surface area (Å²) in [4.78, 5) is 23.6. The molecule has 4 N–H and O–H groups in total. The average molecular weight is 318 g/mol. The minimum absolute atomic E-state index is 0.0807. The van der Waals surface area contributed by atoms with Gasteiger partial charge in [-0.05, 0) is 23.6 Å². The first-order valence-corrected chi connectivity index (χ1v) is 7.39. The van der Waals surface area contributed by atoms with Crippen molar-refractivity contribution in [2.75, 3.05) is 26.0 Å². The van der Waals surface area contributed by atoms with Crippen LogP contribution in [0.1, 0.15) is 6.42 Å². The molecule has 2 rings (SSSR count). The summed E-state index contributed by atoms with van der Waals surface area (Å²) in [6.07, 6.45) is 1.75. The fourth-order valence-corrected chi connectivity index (χ4v) is 2.32. The van der Waals surface area contributed by atoms with E-state index in [4.69, 9.17) is 10.5 Å². The highest BCUT2D eigenvalue weighted by Gasteiger charge is 2.12. The maximum absolute atomic E-state index is 12.0. The number of likely N-dealkylation sites (N-methyl/N-ethyl adjacent to an activating group) is 1. The van der Waals surface area contributed by atoms with Gasteiger partial charge in [0.25, 0.3) is 0 Å². The molecule has 0 radical (unpaired) electrons. The van der Waals surface area contributed by atoms with Gasteiger partial charge in [-0.15, -0.1) is 0 Å². The van der Waals surface area contributed by atoms with Gasteiger partial charge in [-0.3, -0.25) is 9.59 Å². The van der Waals surface area contributed by atoms with E-state index in [2.05, 4.69) is 10.6 Å². The van der Waals surface area contributed by atoms with Crippen molar-refractivity contribution in [1.82, 2.24) is 9.88 Å². The lowest BCUT2D eigenvalue weighted by molar-refractivity contribution is -0.121. The Balaban J connectivity index is 2.14. The molecule has 0 aliphatic carbocycles. The first-order chi connectivity index (χ1) is 11.1. The molecule has 2 amide bonds. The highest BCUT2D eigenvalue weighted by molar-refractivity contribution is 5.94.